The molecule has 186 valence electrons. The molecule has 0 aliphatic carbocycles. The topological polar surface area (TPSA) is 85.7 Å². The number of benzene rings is 3. The average molecular weight is 512 g/mol. The van der Waals surface area contributed by atoms with Gasteiger partial charge in [-0.1, -0.05) is 65.8 Å². The molecule has 1 N–H and O–H groups in total. The zero-order valence-corrected chi connectivity index (χ0v) is 21.0. The summed E-state index contributed by atoms with van der Waals surface area (Å²) in [5.41, 5.74) is 3.88. The van der Waals surface area contributed by atoms with Crippen molar-refractivity contribution < 1.29 is 18.8 Å². The van der Waals surface area contributed by atoms with Crippen LogP contribution < -0.4 is 10.4 Å². The molecule has 0 bridgehead atoms. The van der Waals surface area contributed by atoms with E-state index in [0.29, 0.717) is 35.2 Å². The molecule has 6 nitrogen and oxygen atoms in total. The Morgan fingerprint density at radius 2 is 1.62 bits per heavy atom. The largest absolute Gasteiger partial charge is 0.506 e. The zero-order valence-electron chi connectivity index (χ0n) is 20.2. The maximum Gasteiger partial charge on any atom is 0.353 e. The third-order valence-corrected chi connectivity index (χ3v) is 7.00. The van der Waals surface area contributed by atoms with Crippen molar-refractivity contribution in [2.45, 2.75) is 24.8 Å². The van der Waals surface area contributed by atoms with Crippen LogP contribution in [0.3, 0.4) is 0 Å². The van der Waals surface area contributed by atoms with Crippen molar-refractivity contribution in [1.82, 2.24) is 5.16 Å². The lowest BCUT2D eigenvalue weighted by atomic mass is 10.1. The van der Waals surface area contributed by atoms with Gasteiger partial charge in [0.15, 0.2) is 0 Å². The molecular weight excluding hydrogens is 486 g/mol. The highest BCUT2D eigenvalue weighted by Gasteiger charge is 2.16. The van der Waals surface area contributed by atoms with E-state index in [-0.39, 0.29) is 10.6 Å². The van der Waals surface area contributed by atoms with E-state index in [4.69, 9.17) is 13.7 Å². The Hall–Kier alpha value is -4.23. The Morgan fingerprint density at radius 1 is 0.919 bits per heavy atom. The minimum atomic E-state index is -0.551. The molecule has 7 heteroatoms. The quantitative estimate of drug-likeness (QED) is 0.216. The third-order valence-electron chi connectivity index (χ3n) is 5.92. The molecule has 0 radical (unpaired) electrons. The van der Waals surface area contributed by atoms with E-state index in [1.807, 2.05) is 67.6 Å². The van der Waals surface area contributed by atoms with Crippen molar-refractivity contribution in [2.24, 2.45) is 0 Å². The van der Waals surface area contributed by atoms with Gasteiger partial charge in [-0.3, -0.25) is 0 Å². The Kier molecular flexibility index (Phi) is 7.42. The van der Waals surface area contributed by atoms with Gasteiger partial charge < -0.3 is 18.8 Å². The van der Waals surface area contributed by atoms with Crippen LogP contribution in [-0.4, -0.2) is 16.0 Å². The van der Waals surface area contributed by atoms with E-state index >= 15 is 0 Å². The molecule has 37 heavy (non-hydrogen) atoms. The number of aromatic nitrogens is 1. The van der Waals surface area contributed by atoms with Crippen LogP contribution in [0.15, 0.2) is 110 Å². The normalized spacial score (nSPS) is 10.9. The van der Waals surface area contributed by atoms with Crippen LogP contribution in [0.1, 0.15) is 16.9 Å². The number of aromatic hydroxyl groups is 1. The first-order valence-corrected chi connectivity index (χ1v) is 12.8. The second-order valence-electron chi connectivity index (χ2n) is 8.44. The lowest BCUT2D eigenvalue weighted by molar-refractivity contribution is 0.302. The summed E-state index contributed by atoms with van der Waals surface area (Å²) >= 11 is 1.29. The van der Waals surface area contributed by atoms with Gasteiger partial charge >= 0.3 is 5.63 Å². The van der Waals surface area contributed by atoms with Crippen molar-refractivity contribution in [3.8, 4) is 34.1 Å². The molecule has 3 aromatic carbocycles. The molecule has 0 amide bonds. The van der Waals surface area contributed by atoms with Crippen LogP contribution in [0, 0.1) is 6.92 Å². The van der Waals surface area contributed by atoms with Gasteiger partial charge in [0, 0.05) is 22.9 Å². The molecule has 2 aromatic heterocycles. The standard InChI is InChI=1S/C30H25NO5S/c1-20-25(28(31-36-20)23-10-6-3-7-11-23)19-34-24-14-12-22(13-15-24)27-18-26(32)29(30(33)35-27)37-17-16-21-8-4-2-5-9-21/h2-15,18,32H,16-17,19H2,1H3. The fourth-order valence-corrected chi connectivity index (χ4v) is 4.82. The Bertz CT molecular complexity index is 1530. The number of hydrogen-bond donors (Lipinski definition) is 1. The fraction of sp³-hybridized carbons (Fsp3) is 0.133. The van der Waals surface area contributed by atoms with E-state index < -0.39 is 5.63 Å². The van der Waals surface area contributed by atoms with Crippen molar-refractivity contribution in [2.75, 3.05) is 5.75 Å². The second kappa shape index (κ2) is 11.2. The fourth-order valence-electron chi connectivity index (χ4n) is 3.92. The van der Waals surface area contributed by atoms with Crippen LogP contribution in [0.4, 0.5) is 0 Å². The molecule has 0 spiro atoms. The molecule has 0 aliphatic rings. The van der Waals surface area contributed by atoms with Crippen LogP contribution in [0.5, 0.6) is 11.5 Å². The monoisotopic (exact) mass is 511 g/mol. The molecule has 0 atom stereocenters. The van der Waals surface area contributed by atoms with E-state index in [0.717, 1.165) is 23.2 Å². The van der Waals surface area contributed by atoms with Crippen LogP contribution in [0.2, 0.25) is 0 Å². The van der Waals surface area contributed by atoms with Gasteiger partial charge in [0.1, 0.15) is 40.2 Å². The van der Waals surface area contributed by atoms with Crippen molar-refractivity contribution in [1.29, 1.82) is 0 Å². The summed E-state index contributed by atoms with van der Waals surface area (Å²) < 4.78 is 16.9. The summed E-state index contributed by atoms with van der Waals surface area (Å²) in [4.78, 5) is 12.8. The number of ether oxygens (including phenoxy) is 1. The zero-order chi connectivity index (χ0) is 25.6. The van der Waals surface area contributed by atoms with Crippen LogP contribution in [0.25, 0.3) is 22.6 Å². The maximum atomic E-state index is 12.6. The number of hydrogen-bond acceptors (Lipinski definition) is 7. The summed E-state index contributed by atoms with van der Waals surface area (Å²) in [7, 11) is 0. The summed E-state index contributed by atoms with van der Waals surface area (Å²) in [5, 5.41) is 14.7. The van der Waals surface area contributed by atoms with E-state index in [2.05, 4.69) is 5.16 Å². The molecular formula is C30H25NO5S. The van der Waals surface area contributed by atoms with E-state index in [1.54, 1.807) is 24.3 Å². The molecule has 0 aliphatic heterocycles. The van der Waals surface area contributed by atoms with Crippen molar-refractivity contribution in [3.63, 3.8) is 0 Å². The number of rotatable bonds is 9. The van der Waals surface area contributed by atoms with E-state index in [1.165, 1.54) is 23.4 Å². The molecule has 0 fully saturated rings. The second-order valence-corrected chi connectivity index (χ2v) is 9.55. The van der Waals surface area contributed by atoms with Gasteiger partial charge in [0.2, 0.25) is 0 Å². The molecule has 5 rings (SSSR count). The van der Waals surface area contributed by atoms with Gasteiger partial charge in [-0.25, -0.2) is 4.79 Å². The first kappa shape index (κ1) is 24.5. The van der Waals surface area contributed by atoms with E-state index in [9.17, 15) is 9.90 Å². The lowest BCUT2D eigenvalue weighted by Gasteiger charge is -2.09. The average Bonchev–Trinajstić information content (AvgIpc) is 3.30. The lowest BCUT2D eigenvalue weighted by Crippen LogP contribution is -2.04. The molecule has 5 aromatic rings. The molecule has 2 heterocycles. The predicted octanol–water partition coefficient (Wildman–Crippen LogP) is 6.89. The Labute approximate surface area is 218 Å². The minimum absolute atomic E-state index is 0.0824. The molecule has 0 saturated carbocycles. The number of thioether (sulfide) groups is 1. The Balaban J connectivity index is 1.25. The van der Waals surface area contributed by atoms with Gasteiger partial charge in [-0.05, 0) is 43.2 Å². The minimum Gasteiger partial charge on any atom is -0.506 e. The SMILES string of the molecule is Cc1onc(-c2ccccc2)c1COc1ccc(-c2cc(O)c(SCCc3ccccc3)c(=O)o2)cc1. The first-order valence-electron chi connectivity index (χ1n) is 11.9. The Morgan fingerprint density at radius 3 is 2.32 bits per heavy atom. The summed E-state index contributed by atoms with van der Waals surface area (Å²) in [5.74, 6) is 2.21. The highest BCUT2D eigenvalue weighted by molar-refractivity contribution is 7.99. The first-order chi connectivity index (χ1) is 18.1. The number of aryl methyl sites for hydroxylation is 2. The number of nitrogens with zero attached hydrogens (tertiary/aromatic N) is 1. The van der Waals surface area contributed by atoms with Crippen molar-refractivity contribution in [3.05, 3.63) is 118 Å². The summed E-state index contributed by atoms with van der Waals surface area (Å²) in [6.45, 7) is 2.16. The summed E-state index contributed by atoms with van der Waals surface area (Å²) in [6, 6.07) is 28.5. The predicted molar refractivity (Wildman–Crippen MR) is 144 cm³/mol. The molecule has 0 saturated heterocycles. The summed E-state index contributed by atoms with van der Waals surface area (Å²) in [6.07, 6.45) is 0.787. The van der Waals surface area contributed by atoms with Crippen LogP contribution in [-0.2, 0) is 13.0 Å². The maximum absolute atomic E-state index is 12.6. The van der Waals surface area contributed by atoms with Gasteiger partial charge in [-0.15, -0.1) is 11.8 Å². The highest BCUT2D eigenvalue weighted by atomic mass is 32.2. The van der Waals surface area contributed by atoms with Crippen molar-refractivity contribution >= 4 is 11.8 Å². The van der Waals surface area contributed by atoms with Gasteiger partial charge in [0.05, 0.1) is 5.56 Å². The van der Waals surface area contributed by atoms with Gasteiger partial charge in [-0.2, -0.15) is 0 Å². The van der Waals surface area contributed by atoms with Gasteiger partial charge in [0.25, 0.3) is 0 Å². The third kappa shape index (κ3) is 5.78. The van der Waals surface area contributed by atoms with Crippen LogP contribution >= 0.6 is 11.8 Å². The highest BCUT2D eigenvalue weighted by Crippen LogP contribution is 2.31. The molecule has 0 unspecified atom stereocenters. The smallest absolute Gasteiger partial charge is 0.353 e.